The van der Waals surface area contributed by atoms with E-state index >= 15 is 0 Å². The van der Waals surface area contributed by atoms with Crippen molar-refractivity contribution in [3.8, 4) is 5.75 Å². The summed E-state index contributed by atoms with van der Waals surface area (Å²) in [6.07, 6.45) is 0.487. The SMILES string of the molecule is Cc1cc(Br)cc(C)c1OC(=O)CCCN1C(=O)c2ccccc2C1=O. The average molecular weight is 416 g/mol. The smallest absolute Gasteiger partial charge is 0.311 e. The number of halogens is 1. The fourth-order valence-electron chi connectivity index (χ4n) is 3.05. The fourth-order valence-corrected chi connectivity index (χ4v) is 3.73. The van der Waals surface area contributed by atoms with Crippen LogP contribution in [0.15, 0.2) is 40.9 Å². The van der Waals surface area contributed by atoms with Gasteiger partial charge in [0.2, 0.25) is 0 Å². The van der Waals surface area contributed by atoms with Crippen LogP contribution in [0.2, 0.25) is 0 Å². The minimum absolute atomic E-state index is 0.127. The molecular weight excluding hydrogens is 398 g/mol. The molecule has 0 fully saturated rings. The maximum absolute atomic E-state index is 12.3. The molecule has 0 saturated heterocycles. The van der Waals surface area contributed by atoms with E-state index in [0.29, 0.717) is 23.3 Å². The van der Waals surface area contributed by atoms with E-state index in [-0.39, 0.29) is 30.7 Å². The molecule has 2 amide bonds. The molecule has 0 saturated carbocycles. The van der Waals surface area contributed by atoms with E-state index in [4.69, 9.17) is 4.74 Å². The summed E-state index contributed by atoms with van der Waals surface area (Å²) in [5, 5.41) is 0. The summed E-state index contributed by atoms with van der Waals surface area (Å²) in [6, 6.07) is 10.5. The highest BCUT2D eigenvalue weighted by Gasteiger charge is 2.34. The number of carbonyl (C=O) groups is 3. The molecule has 0 bridgehead atoms. The van der Waals surface area contributed by atoms with Crippen molar-refractivity contribution in [1.29, 1.82) is 0 Å². The Bertz CT molecular complexity index is 848. The molecule has 0 N–H and O–H groups in total. The third-order valence-corrected chi connectivity index (χ3v) is 4.74. The lowest BCUT2D eigenvalue weighted by Crippen LogP contribution is -2.31. The molecule has 0 spiro atoms. The lowest BCUT2D eigenvalue weighted by molar-refractivity contribution is -0.134. The van der Waals surface area contributed by atoms with Crippen LogP contribution in [0, 0.1) is 13.8 Å². The van der Waals surface area contributed by atoms with Gasteiger partial charge in [-0.25, -0.2) is 0 Å². The van der Waals surface area contributed by atoms with Crippen molar-refractivity contribution in [2.45, 2.75) is 26.7 Å². The predicted molar refractivity (Wildman–Crippen MR) is 100 cm³/mol. The highest BCUT2D eigenvalue weighted by atomic mass is 79.9. The quantitative estimate of drug-likeness (QED) is 0.419. The van der Waals surface area contributed by atoms with E-state index in [1.54, 1.807) is 24.3 Å². The second-order valence-electron chi connectivity index (χ2n) is 6.25. The van der Waals surface area contributed by atoms with Crippen LogP contribution in [0.25, 0.3) is 0 Å². The molecule has 1 heterocycles. The zero-order valence-electron chi connectivity index (χ0n) is 14.5. The number of fused-ring (bicyclic) bond motifs is 1. The van der Waals surface area contributed by atoms with E-state index in [9.17, 15) is 14.4 Å². The summed E-state index contributed by atoms with van der Waals surface area (Å²) in [7, 11) is 0. The van der Waals surface area contributed by atoms with Crippen molar-refractivity contribution in [3.63, 3.8) is 0 Å². The first-order valence-corrected chi connectivity index (χ1v) is 9.10. The highest BCUT2D eigenvalue weighted by molar-refractivity contribution is 9.10. The van der Waals surface area contributed by atoms with E-state index < -0.39 is 0 Å². The summed E-state index contributed by atoms with van der Waals surface area (Å²) in [5.41, 5.74) is 2.57. The van der Waals surface area contributed by atoms with Crippen molar-refractivity contribution in [2.24, 2.45) is 0 Å². The number of rotatable bonds is 5. The Morgan fingerprint density at radius 2 is 1.58 bits per heavy atom. The van der Waals surface area contributed by atoms with Crippen LogP contribution in [-0.4, -0.2) is 29.2 Å². The first-order valence-electron chi connectivity index (χ1n) is 8.31. The van der Waals surface area contributed by atoms with Crippen molar-refractivity contribution in [3.05, 3.63) is 63.1 Å². The Kier molecular flexibility index (Phi) is 5.23. The van der Waals surface area contributed by atoms with E-state index in [0.717, 1.165) is 15.6 Å². The Balaban J connectivity index is 1.57. The van der Waals surface area contributed by atoms with Gasteiger partial charge in [-0.05, 0) is 55.7 Å². The average Bonchev–Trinajstić information content (AvgIpc) is 2.83. The number of amides is 2. The van der Waals surface area contributed by atoms with Gasteiger partial charge in [0, 0.05) is 17.4 Å². The van der Waals surface area contributed by atoms with Crippen LogP contribution in [0.1, 0.15) is 44.7 Å². The van der Waals surface area contributed by atoms with Gasteiger partial charge >= 0.3 is 5.97 Å². The summed E-state index contributed by atoms with van der Waals surface area (Å²) >= 11 is 3.41. The molecule has 134 valence electrons. The van der Waals surface area contributed by atoms with Crippen LogP contribution in [0.3, 0.4) is 0 Å². The lowest BCUT2D eigenvalue weighted by Gasteiger charge is -2.14. The van der Waals surface area contributed by atoms with Crippen molar-refractivity contribution in [1.82, 2.24) is 4.90 Å². The minimum Gasteiger partial charge on any atom is -0.426 e. The maximum atomic E-state index is 12.3. The number of aryl methyl sites for hydroxylation is 2. The number of hydrogen-bond donors (Lipinski definition) is 0. The van der Waals surface area contributed by atoms with Gasteiger partial charge in [-0.2, -0.15) is 0 Å². The first kappa shape index (κ1) is 18.3. The molecule has 0 atom stereocenters. The largest absolute Gasteiger partial charge is 0.426 e. The molecular formula is C20H18BrNO4. The first-order chi connectivity index (χ1) is 12.4. The summed E-state index contributed by atoms with van der Waals surface area (Å²) in [6.45, 7) is 3.94. The fraction of sp³-hybridized carbons (Fsp3) is 0.250. The number of carbonyl (C=O) groups excluding carboxylic acids is 3. The Hall–Kier alpha value is -2.47. The Morgan fingerprint density at radius 1 is 1.04 bits per heavy atom. The number of esters is 1. The number of ether oxygens (including phenoxy) is 1. The molecule has 0 unspecified atom stereocenters. The molecule has 5 nitrogen and oxygen atoms in total. The zero-order chi connectivity index (χ0) is 18.8. The number of nitrogens with zero attached hydrogens (tertiary/aromatic N) is 1. The third-order valence-electron chi connectivity index (χ3n) is 4.28. The monoisotopic (exact) mass is 415 g/mol. The van der Waals surface area contributed by atoms with Crippen LogP contribution in [-0.2, 0) is 4.79 Å². The van der Waals surface area contributed by atoms with Crippen LogP contribution in [0.5, 0.6) is 5.75 Å². The number of benzene rings is 2. The topological polar surface area (TPSA) is 63.7 Å². The molecule has 1 aliphatic heterocycles. The van der Waals surface area contributed by atoms with Crippen molar-refractivity contribution in [2.75, 3.05) is 6.54 Å². The van der Waals surface area contributed by atoms with Gasteiger partial charge in [0.05, 0.1) is 11.1 Å². The van der Waals surface area contributed by atoms with E-state index in [1.165, 1.54) is 4.90 Å². The maximum Gasteiger partial charge on any atom is 0.311 e. The van der Waals surface area contributed by atoms with Gasteiger partial charge in [-0.15, -0.1) is 0 Å². The summed E-state index contributed by atoms with van der Waals surface area (Å²) in [4.78, 5) is 37.9. The Labute approximate surface area is 160 Å². The number of imide groups is 1. The van der Waals surface area contributed by atoms with Gasteiger partial charge < -0.3 is 4.74 Å². The third kappa shape index (κ3) is 3.55. The number of hydrogen-bond acceptors (Lipinski definition) is 4. The molecule has 26 heavy (non-hydrogen) atoms. The highest BCUT2D eigenvalue weighted by Crippen LogP contribution is 2.28. The molecule has 1 aliphatic rings. The molecule has 2 aromatic carbocycles. The molecule has 0 aromatic heterocycles. The second kappa shape index (κ2) is 7.41. The van der Waals surface area contributed by atoms with Gasteiger partial charge in [0.15, 0.2) is 0 Å². The standard InChI is InChI=1S/C20H18BrNO4/c1-12-10-14(21)11-13(2)18(12)26-17(23)8-5-9-22-19(24)15-6-3-4-7-16(15)20(22)25/h3-4,6-7,10-11H,5,8-9H2,1-2H3. The van der Waals surface area contributed by atoms with Crippen LogP contribution >= 0.6 is 15.9 Å². The molecule has 0 aliphatic carbocycles. The van der Waals surface area contributed by atoms with E-state index in [2.05, 4.69) is 15.9 Å². The molecule has 6 heteroatoms. The van der Waals surface area contributed by atoms with Crippen molar-refractivity contribution < 1.29 is 19.1 Å². The molecule has 0 radical (unpaired) electrons. The van der Waals surface area contributed by atoms with Gasteiger partial charge in [-0.1, -0.05) is 28.1 Å². The Morgan fingerprint density at radius 3 is 2.12 bits per heavy atom. The van der Waals surface area contributed by atoms with Gasteiger partial charge in [-0.3, -0.25) is 19.3 Å². The van der Waals surface area contributed by atoms with E-state index in [1.807, 2.05) is 26.0 Å². The lowest BCUT2D eigenvalue weighted by atomic mass is 10.1. The summed E-state index contributed by atoms with van der Waals surface area (Å²) in [5.74, 6) is -0.439. The minimum atomic E-state index is -0.380. The van der Waals surface area contributed by atoms with Crippen molar-refractivity contribution >= 4 is 33.7 Å². The van der Waals surface area contributed by atoms with Crippen LogP contribution < -0.4 is 4.74 Å². The van der Waals surface area contributed by atoms with Gasteiger partial charge in [0.25, 0.3) is 11.8 Å². The molecule has 3 rings (SSSR count). The zero-order valence-corrected chi connectivity index (χ0v) is 16.1. The van der Waals surface area contributed by atoms with Crippen LogP contribution in [0.4, 0.5) is 0 Å². The second-order valence-corrected chi connectivity index (χ2v) is 7.17. The summed E-state index contributed by atoms with van der Waals surface area (Å²) < 4.78 is 6.39. The predicted octanol–water partition coefficient (Wildman–Crippen LogP) is 4.05. The normalized spacial score (nSPS) is 13.1. The molecule has 2 aromatic rings. The van der Waals surface area contributed by atoms with Gasteiger partial charge in [0.1, 0.15) is 5.75 Å².